The molecule has 5 nitrogen and oxygen atoms in total. The predicted octanol–water partition coefficient (Wildman–Crippen LogP) is 3.86. The Kier molecular flexibility index (Phi) is 5.98. The molecule has 0 spiro atoms. The highest BCUT2D eigenvalue weighted by Gasteiger charge is 2.17. The van der Waals surface area contributed by atoms with Gasteiger partial charge >= 0.3 is 5.97 Å². The Morgan fingerprint density at radius 3 is 2.48 bits per heavy atom. The number of benzene rings is 2. The van der Waals surface area contributed by atoms with Crippen molar-refractivity contribution in [1.82, 2.24) is 4.98 Å². The molecule has 2 aromatic carbocycles. The average molecular weight is 405 g/mol. The number of nitrogens with zero attached hydrogens (tertiary/aromatic N) is 1. The zero-order chi connectivity index (χ0) is 19.3. The van der Waals surface area contributed by atoms with E-state index in [1.807, 2.05) is 30.3 Å². The fourth-order valence-electron chi connectivity index (χ4n) is 2.29. The van der Waals surface area contributed by atoms with Crippen molar-refractivity contribution in [1.29, 1.82) is 0 Å². The zero-order valence-corrected chi connectivity index (χ0v) is 15.8. The summed E-state index contributed by atoms with van der Waals surface area (Å²) >= 11 is 1.44. The Morgan fingerprint density at radius 1 is 1.07 bits per heavy atom. The van der Waals surface area contributed by atoms with Crippen LogP contribution in [-0.4, -0.2) is 25.1 Å². The van der Waals surface area contributed by atoms with Gasteiger partial charge in [-0.05, 0) is 24.3 Å². The molecule has 0 bridgehead atoms. The predicted molar refractivity (Wildman–Crippen MR) is 100 cm³/mol. The maximum atomic E-state index is 12.9. The van der Waals surface area contributed by atoms with E-state index in [1.54, 1.807) is 5.38 Å². The highest BCUT2D eigenvalue weighted by Crippen LogP contribution is 2.23. The lowest BCUT2D eigenvalue weighted by Crippen LogP contribution is -2.13. The normalized spacial score (nSPS) is 11.3. The number of thiazole rings is 1. The van der Waals surface area contributed by atoms with Gasteiger partial charge in [0.1, 0.15) is 17.4 Å². The van der Waals surface area contributed by atoms with Gasteiger partial charge in [0.2, 0.25) is 0 Å². The quantitative estimate of drug-likeness (QED) is 0.441. The van der Waals surface area contributed by atoms with E-state index in [1.165, 1.54) is 23.5 Å². The van der Waals surface area contributed by atoms with Crippen molar-refractivity contribution in [3.05, 3.63) is 71.5 Å². The Labute approximate surface area is 160 Å². The van der Waals surface area contributed by atoms with E-state index in [9.17, 15) is 17.6 Å². The van der Waals surface area contributed by atoms with Crippen LogP contribution in [0.25, 0.3) is 10.6 Å². The van der Waals surface area contributed by atoms with E-state index in [0.29, 0.717) is 5.69 Å². The van der Waals surface area contributed by atoms with Crippen LogP contribution in [0.5, 0.6) is 0 Å². The van der Waals surface area contributed by atoms with E-state index in [2.05, 4.69) is 4.98 Å². The summed E-state index contributed by atoms with van der Waals surface area (Å²) in [5.74, 6) is -1.55. The summed E-state index contributed by atoms with van der Waals surface area (Å²) in [4.78, 5) is 16.2. The number of carbonyl (C=O) groups is 1. The first-order valence-corrected chi connectivity index (χ1v) is 10.6. The zero-order valence-electron chi connectivity index (χ0n) is 14.2. The van der Waals surface area contributed by atoms with Gasteiger partial charge in [-0.15, -0.1) is 11.3 Å². The number of esters is 1. The molecule has 8 heteroatoms. The third kappa shape index (κ3) is 5.21. The van der Waals surface area contributed by atoms with Crippen molar-refractivity contribution in [3.8, 4) is 10.6 Å². The maximum Gasteiger partial charge on any atom is 0.307 e. The van der Waals surface area contributed by atoms with E-state index in [-0.39, 0.29) is 17.9 Å². The van der Waals surface area contributed by atoms with Crippen LogP contribution in [0.4, 0.5) is 4.39 Å². The average Bonchev–Trinajstić information content (AvgIpc) is 3.15. The Morgan fingerprint density at radius 2 is 1.78 bits per heavy atom. The lowest BCUT2D eigenvalue weighted by molar-refractivity contribution is -0.144. The summed E-state index contributed by atoms with van der Waals surface area (Å²) in [6, 6.07) is 14.1. The first-order valence-electron chi connectivity index (χ1n) is 8.08. The van der Waals surface area contributed by atoms with Gasteiger partial charge in [0.15, 0.2) is 9.84 Å². The third-order valence-corrected chi connectivity index (χ3v) is 6.37. The smallest absolute Gasteiger partial charge is 0.307 e. The van der Waals surface area contributed by atoms with E-state index in [4.69, 9.17) is 4.74 Å². The van der Waals surface area contributed by atoms with Gasteiger partial charge in [-0.25, -0.2) is 17.8 Å². The lowest BCUT2D eigenvalue weighted by Gasteiger charge is -2.05. The van der Waals surface area contributed by atoms with Gasteiger partial charge in [-0.2, -0.15) is 0 Å². The number of sulfone groups is 1. The topological polar surface area (TPSA) is 73.3 Å². The second kappa shape index (κ2) is 8.41. The SMILES string of the molecule is O=C(CCS(=O)(=O)c1ccc(F)cc1)OCc1csc(-c2ccccc2)n1. The van der Waals surface area contributed by atoms with Crippen molar-refractivity contribution < 1.29 is 22.3 Å². The molecule has 0 atom stereocenters. The molecule has 27 heavy (non-hydrogen) atoms. The van der Waals surface area contributed by atoms with Crippen molar-refractivity contribution in [2.45, 2.75) is 17.9 Å². The number of ether oxygens (including phenoxy) is 1. The van der Waals surface area contributed by atoms with Crippen molar-refractivity contribution >= 4 is 27.1 Å². The fourth-order valence-corrected chi connectivity index (χ4v) is 4.32. The number of carbonyl (C=O) groups excluding carboxylic acids is 1. The van der Waals surface area contributed by atoms with Gasteiger partial charge < -0.3 is 4.74 Å². The molecule has 0 unspecified atom stereocenters. The first-order chi connectivity index (χ1) is 12.9. The van der Waals surface area contributed by atoms with E-state index in [0.717, 1.165) is 22.7 Å². The summed E-state index contributed by atoms with van der Waals surface area (Å²) in [5, 5.41) is 2.62. The molecule has 1 aromatic heterocycles. The van der Waals surface area contributed by atoms with E-state index < -0.39 is 27.4 Å². The van der Waals surface area contributed by atoms with E-state index >= 15 is 0 Å². The van der Waals surface area contributed by atoms with Crippen molar-refractivity contribution in [2.75, 3.05) is 5.75 Å². The molecule has 3 rings (SSSR count). The van der Waals surface area contributed by atoms with Crippen molar-refractivity contribution in [2.24, 2.45) is 0 Å². The Hall–Kier alpha value is -2.58. The summed E-state index contributed by atoms with van der Waals surface area (Å²) in [6.07, 6.45) is -0.282. The van der Waals surface area contributed by atoms with Crippen LogP contribution >= 0.6 is 11.3 Å². The summed E-state index contributed by atoms with van der Waals surface area (Å²) in [6.45, 7) is -0.0151. The minimum Gasteiger partial charge on any atom is -0.459 e. The lowest BCUT2D eigenvalue weighted by atomic mass is 10.2. The van der Waals surface area contributed by atoms with Crippen LogP contribution in [0, 0.1) is 5.82 Å². The minimum atomic E-state index is -3.67. The molecule has 0 radical (unpaired) electrons. The molecule has 0 saturated carbocycles. The number of halogens is 1. The largest absolute Gasteiger partial charge is 0.459 e. The molecule has 0 saturated heterocycles. The highest BCUT2D eigenvalue weighted by molar-refractivity contribution is 7.91. The molecule has 140 valence electrons. The second-order valence-corrected chi connectivity index (χ2v) is 8.66. The van der Waals surface area contributed by atoms with Crippen molar-refractivity contribution in [3.63, 3.8) is 0 Å². The molecule has 0 aliphatic carbocycles. The van der Waals surface area contributed by atoms with Crippen LogP contribution < -0.4 is 0 Å². The number of hydrogen-bond acceptors (Lipinski definition) is 6. The van der Waals surface area contributed by atoms with Crippen LogP contribution in [-0.2, 0) is 26.0 Å². The number of rotatable bonds is 7. The fraction of sp³-hybridized carbons (Fsp3) is 0.158. The van der Waals surface area contributed by atoms with Gasteiger partial charge in [-0.3, -0.25) is 4.79 Å². The highest BCUT2D eigenvalue weighted by atomic mass is 32.2. The third-order valence-electron chi connectivity index (χ3n) is 3.70. The molecule has 0 fully saturated rings. The standard InChI is InChI=1S/C19H16FNO4S2/c20-15-6-8-17(9-7-15)27(23,24)11-10-18(22)25-12-16-13-26-19(21-16)14-4-2-1-3-5-14/h1-9,13H,10-12H2. The summed E-state index contributed by atoms with van der Waals surface area (Å²) in [5.41, 5.74) is 1.58. The molecule has 0 N–H and O–H groups in total. The van der Waals surface area contributed by atoms with Crippen LogP contribution in [0.3, 0.4) is 0 Å². The molecule has 0 aliphatic rings. The maximum absolute atomic E-state index is 12.9. The second-order valence-electron chi connectivity index (χ2n) is 5.69. The molecule has 0 amide bonds. The van der Waals surface area contributed by atoms with Gasteiger partial charge in [-0.1, -0.05) is 30.3 Å². The first kappa shape index (κ1) is 19.2. The summed E-state index contributed by atoms with van der Waals surface area (Å²) < 4.78 is 42.3. The molecule has 0 aliphatic heterocycles. The van der Waals surface area contributed by atoms with Gasteiger partial charge in [0.05, 0.1) is 22.8 Å². The Bertz CT molecular complexity index is 1020. The molecule has 1 heterocycles. The van der Waals surface area contributed by atoms with Gasteiger partial charge in [0, 0.05) is 10.9 Å². The van der Waals surface area contributed by atoms with Crippen LogP contribution in [0.2, 0.25) is 0 Å². The minimum absolute atomic E-state index is 0.0151. The number of hydrogen-bond donors (Lipinski definition) is 0. The Balaban J connectivity index is 1.51. The summed E-state index contributed by atoms with van der Waals surface area (Å²) in [7, 11) is -3.67. The van der Waals surface area contributed by atoms with Gasteiger partial charge in [0.25, 0.3) is 0 Å². The number of aromatic nitrogens is 1. The molecular formula is C19H16FNO4S2. The molecular weight excluding hydrogens is 389 g/mol. The van der Waals surface area contributed by atoms with Crippen LogP contribution in [0.1, 0.15) is 12.1 Å². The van der Waals surface area contributed by atoms with Crippen LogP contribution in [0.15, 0.2) is 64.9 Å². The molecule has 3 aromatic rings. The monoisotopic (exact) mass is 405 g/mol.